The van der Waals surface area contributed by atoms with Crippen molar-refractivity contribution >= 4 is 17.6 Å². The maximum Gasteiger partial charge on any atom is 0.337 e. The molecule has 0 aliphatic carbocycles. The van der Waals surface area contributed by atoms with E-state index in [1.165, 1.54) is 0 Å². The van der Waals surface area contributed by atoms with Crippen molar-refractivity contribution in [3.63, 3.8) is 0 Å². The van der Waals surface area contributed by atoms with Gasteiger partial charge >= 0.3 is 5.97 Å². The standard InChI is InChI=1S/C13H16N2O4/c1-13(19,12(17)18)7-14-11(16)10-6-8-4-2-3-5-9(8)15-10/h2-5,10,15,19H,6-7H2,1H3,(H,14,16)(H,17,18). The Hall–Kier alpha value is -2.08. The normalized spacial score (nSPS) is 20.0. The van der Waals surface area contributed by atoms with Gasteiger partial charge in [0.25, 0.3) is 0 Å². The number of carbonyl (C=O) groups is 2. The van der Waals surface area contributed by atoms with E-state index >= 15 is 0 Å². The van der Waals surface area contributed by atoms with Crippen LogP contribution in [0, 0.1) is 0 Å². The topological polar surface area (TPSA) is 98.7 Å². The summed E-state index contributed by atoms with van der Waals surface area (Å²) in [5, 5.41) is 23.8. The first-order valence-corrected chi connectivity index (χ1v) is 5.98. The summed E-state index contributed by atoms with van der Waals surface area (Å²) >= 11 is 0. The van der Waals surface area contributed by atoms with E-state index in [9.17, 15) is 14.7 Å². The highest BCUT2D eigenvalue weighted by Crippen LogP contribution is 2.25. The van der Waals surface area contributed by atoms with Gasteiger partial charge in [0.1, 0.15) is 6.04 Å². The number of para-hydroxylation sites is 1. The van der Waals surface area contributed by atoms with Gasteiger partial charge in [-0.1, -0.05) is 18.2 Å². The number of carboxylic acids is 1. The molecule has 0 saturated carbocycles. The van der Waals surface area contributed by atoms with Crippen LogP contribution in [0.15, 0.2) is 24.3 Å². The third-order valence-electron chi connectivity index (χ3n) is 3.16. The lowest BCUT2D eigenvalue weighted by atomic mass is 10.1. The quantitative estimate of drug-likeness (QED) is 0.612. The van der Waals surface area contributed by atoms with Crippen LogP contribution in [0.5, 0.6) is 0 Å². The Bertz CT molecular complexity index is 488. The number of carbonyl (C=O) groups excluding carboxylic acids is 1. The van der Waals surface area contributed by atoms with Gasteiger partial charge in [-0.25, -0.2) is 4.79 Å². The number of anilines is 1. The zero-order valence-corrected chi connectivity index (χ0v) is 10.5. The summed E-state index contributed by atoms with van der Waals surface area (Å²) in [7, 11) is 0. The summed E-state index contributed by atoms with van der Waals surface area (Å²) in [6.07, 6.45) is 0.553. The zero-order valence-electron chi connectivity index (χ0n) is 10.5. The predicted octanol–water partition coefficient (Wildman–Crippen LogP) is -0.0250. The molecule has 1 aliphatic heterocycles. The fourth-order valence-electron chi connectivity index (χ4n) is 1.91. The number of benzene rings is 1. The molecule has 0 bridgehead atoms. The molecule has 1 heterocycles. The molecule has 0 spiro atoms. The van der Waals surface area contributed by atoms with E-state index in [4.69, 9.17) is 5.11 Å². The SMILES string of the molecule is CC(O)(CNC(=O)C1Cc2ccccc2N1)C(=O)O. The summed E-state index contributed by atoms with van der Waals surface area (Å²) in [5.41, 5.74) is 0.00137. The largest absolute Gasteiger partial charge is 0.479 e. The molecule has 0 radical (unpaired) electrons. The second-order valence-electron chi connectivity index (χ2n) is 4.86. The van der Waals surface area contributed by atoms with Crippen LogP contribution in [0.1, 0.15) is 12.5 Å². The molecule has 0 fully saturated rings. The van der Waals surface area contributed by atoms with E-state index < -0.39 is 17.6 Å². The lowest BCUT2D eigenvalue weighted by Gasteiger charge is -2.20. The highest BCUT2D eigenvalue weighted by Gasteiger charge is 2.32. The molecule has 1 aromatic rings. The molecular formula is C13H16N2O4. The molecular weight excluding hydrogens is 248 g/mol. The van der Waals surface area contributed by atoms with Crippen LogP contribution in [-0.4, -0.2) is 40.3 Å². The van der Waals surface area contributed by atoms with Crippen LogP contribution >= 0.6 is 0 Å². The zero-order chi connectivity index (χ0) is 14.0. The number of aliphatic hydroxyl groups is 1. The van der Waals surface area contributed by atoms with Crippen LogP contribution in [0.2, 0.25) is 0 Å². The fourth-order valence-corrected chi connectivity index (χ4v) is 1.91. The molecule has 2 atom stereocenters. The predicted molar refractivity (Wildman–Crippen MR) is 68.8 cm³/mol. The number of fused-ring (bicyclic) bond motifs is 1. The molecule has 4 N–H and O–H groups in total. The molecule has 2 rings (SSSR count). The van der Waals surface area contributed by atoms with Gasteiger partial charge < -0.3 is 20.8 Å². The maximum atomic E-state index is 11.9. The Morgan fingerprint density at radius 3 is 2.79 bits per heavy atom. The Labute approximate surface area is 110 Å². The number of carboxylic acid groups (broad SMARTS) is 1. The van der Waals surface area contributed by atoms with Crippen molar-refractivity contribution in [2.24, 2.45) is 0 Å². The van der Waals surface area contributed by atoms with Crippen molar-refractivity contribution in [2.45, 2.75) is 25.0 Å². The highest BCUT2D eigenvalue weighted by molar-refractivity contribution is 5.88. The van der Waals surface area contributed by atoms with Crippen LogP contribution in [0.25, 0.3) is 0 Å². The van der Waals surface area contributed by atoms with Gasteiger partial charge in [-0.3, -0.25) is 4.79 Å². The van der Waals surface area contributed by atoms with Crippen molar-refractivity contribution in [3.05, 3.63) is 29.8 Å². The second-order valence-corrected chi connectivity index (χ2v) is 4.86. The van der Waals surface area contributed by atoms with Crippen LogP contribution in [0.3, 0.4) is 0 Å². The van der Waals surface area contributed by atoms with Gasteiger partial charge in [-0.15, -0.1) is 0 Å². The third kappa shape index (κ3) is 2.85. The van der Waals surface area contributed by atoms with Crippen molar-refractivity contribution < 1.29 is 19.8 Å². The monoisotopic (exact) mass is 264 g/mol. The molecule has 6 nitrogen and oxygen atoms in total. The van der Waals surface area contributed by atoms with Gasteiger partial charge in [-0.05, 0) is 18.6 Å². The smallest absolute Gasteiger partial charge is 0.337 e. The minimum absolute atomic E-state index is 0.322. The molecule has 19 heavy (non-hydrogen) atoms. The number of hydrogen-bond donors (Lipinski definition) is 4. The molecule has 102 valence electrons. The fraction of sp³-hybridized carbons (Fsp3) is 0.385. The maximum absolute atomic E-state index is 11.9. The van der Waals surface area contributed by atoms with Crippen molar-refractivity contribution in [1.82, 2.24) is 5.32 Å². The number of nitrogens with one attached hydrogen (secondary N) is 2. The summed E-state index contributed by atoms with van der Waals surface area (Å²) < 4.78 is 0. The number of rotatable bonds is 4. The molecule has 0 aromatic heterocycles. The van der Waals surface area contributed by atoms with Gasteiger partial charge in [0, 0.05) is 12.1 Å². The molecule has 2 unspecified atom stereocenters. The molecule has 6 heteroatoms. The van der Waals surface area contributed by atoms with Gasteiger partial charge in [0.05, 0.1) is 6.54 Å². The van der Waals surface area contributed by atoms with Crippen molar-refractivity contribution in [2.75, 3.05) is 11.9 Å². The Balaban J connectivity index is 1.92. The van der Waals surface area contributed by atoms with Crippen LogP contribution in [-0.2, 0) is 16.0 Å². The van der Waals surface area contributed by atoms with Crippen molar-refractivity contribution in [3.8, 4) is 0 Å². The van der Waals surface area contributed by atoms with Crippen molar-refractivity contribution in [1.29, 1.82) is 0 Å². The van der Waals surface area contributed by atoms with Gasteiger partial charge in [0.15, 0.2) is 5.60 Å². The first-order chi connectivity index (χ1) is 8.90. The van der Waals surface area contributed by atoms with E-state index in [-0.39, 0.29) is 12.5 Å². The second kappa shape index (κ2) is 4.89. The summed E-state index contributed by atoms with van der Waals surface area (Å²) in [6, 6.07) is 7.16. The molecule has 1 aromatic carbocycles. The van der Waals surface area contributed by atoms with Crippen LogP contribution < -0.4 is 10.6 Å². The molecule has 1 amide bonds. The number of aliphatic carboxylic acids is 1. The lowest BCUT2D eigenvalue weighted by molar-refractivity contribution is -0.156. The minimum atomic E-state index is -1.96. The average Bonchev–Trinajstić information content (AvgIpc) is 2.79. The van der Waals surface area contributed by atoms with E-state index in [2.05, 4.69) is 10.6 Å². The van der Waals surface area contributed by atoms with Crippen LogP contribution in [0.4, 0.5) is 5.69 Å². The number of hydrogen-bond acceptors (Lipinski definition) is 4. The first-order valence-electron chi connectivity index (χ1n) is 5.98. The first kappa shape index (κ1) is 13.4. The highest BCUT2D eigenvalue weighted by atomic mass is 16.4. The van der Waals surface area contributed by atoms with E-state index in [0.717, 1.165) is 18.2 Å². The van der Waals surface area contributed by atoms with Gasteiger partial charge in [0.2, 0.25) is 5.91 Å². The Kier molecular flexibility index (Phi) is 3.44. The summed E-state index contributed by atoms with van der Waals surface area (Å²) in [5.74, 6) is -1.69. The molecule has 1 aliphatic rings. The van der Waals surface area contributed by atoms with E-state index in [1.54, 1.807) is 0 Å². The average molecular weight is 264 g/mol. The Morgan fingerprint density at radius 1 is 1.47 bits per heavy atom. The number of amides is 1. The Morgan fingerprint density at radius 2 is 2.16 bits per heavy atom. The van der Waals surface area contributed by atoms with Gasteiger partial charge in [-0.2, -0.15) is 0 Å². The lowest BCUT2D eigenvalue weighted by Crippen LogP contribution is -2.49. The summed E-state index contributed by atoms with van der Waals surface area (Å²) in [6.45, 7) is 0.822. The van der Waals surface area contributed by atoms with E-state index in [0.29, 0.717) is 6.42 Å². The molecule has 0 saturated heterocycles. The summed E-state index contributed by atoms with van der Waals surface area (Å²) in [4.78, 5) is 22.6. The minimum Gasteiger partial charge on any atom is -0.479 e. The van der Waals surface area contributed by atoms with E-state index in [1.807, 2.05) is 24.3 Å². The third-order valence-corrected chi connectivity index (χ3v) is 3.16.